The van der Waals surface area contributed by atoms with Crippen LogP contribution in [0.3, 0.4) is 0 Å². The molecule has 0 aromatic heterocycles. The van der Waals surface area contributed by atoms with Crippen LogP contribution in [0.1, 0.15) is 57.1 Å². The number of benzene rings is 1. The second kappa shape index (κ2) is 6.23. The second-order valence-corrected chi connectivity index (χ2v) is 7.09. The summed E-state index contributed by atoms with van der Waals surface area (Å²) in [7, 11) is 0. The minimum absolute atomic E-state index is 0.0310. The molecular formula is C19H24F4O2. The average Bonchev–Trinajstić information content (AvgIpc) is 2.65. The number of alkyl halides is 4. The molecule has 0 spiro atoms. The maximum absolute atomic E-state index is 14.9. The van der Waals surface area contributed by atoms with Crippen molar-refractivity contribution in [2.45, 2.75) is 75.6 Å². The zero-order valence-corrected chi connectivity index (χ0v) is 14.6. The number of hydrogen-bond acceptors (Lipinski definition) is 2. The number of hydrogen-bond donors (Lipinski definition) is 0. The molecule has 0 radical (unpaired) electrons. The van der Waals surface area contributed by atoms with Crippen molar-refractivity contribution < 1.29 is 27.0 Å². The van der Waals surface area contributed by atoms with Crippen LogP contribution in [-0.4, -0.2) is 24.4 Å². The highest BCUT2D eigenvalue weighted by molar-refractivity contribution is 5.33. The van der Waals surface area contributed by atoms with Gasteiger partial charge in [0.15, 0.2) is 5.60 Å². The van der Waals surface area contributed by atoms with Crippen LogP contribution in [0.2, 0.25) is 0 Å². The lowest BCUT2D eigenvalue weighted by Crippen LogP contribution is -2.52. The van der Waals surface area contributed by atoms with E-state index < -0.39 is 23.2 Å². The van der Waals surface area contributed by atoms with Crippen LogP contribution in [0.15, 0.2) is 24.3 Å². The summed E-state index contributed by atoms with van der Waals surface area (Å²) < 4.78 is 68.3. The maximum atomic E-state index is 14.9. The normalized spacial score (nSPS) is 33.2. The monoisotopic (exact) mass is 360 g/mol. The maximum Gasteiger partial charge on any atom is 0.389 e. The van der Waals surface area contributed by atoms with Crippen LogP contribution in [0, 0.1) is 0 Å². The molecule has 2 aliphatic heterocycles. The summed E-state index contributed by atoms with van der Waals surface area (Å²) >= 11 is 0. The molecule has 2 heterocycles. The molecule has 0 unspecified atom stereocenters. The van der Waals surface area contributed by atoms with Crippen LogP contribution in [0.4, 0.5) is 17.6 Å². The molecule has 1 aromatic rings. The van der Waals surface area contributed by atoms with Crippen molar-refractivity contribution in [3.05, 3.63) is 35.4 Å². The van der Waals surface area contributed by atoms with E-state index in [9.17, 15) is 17.6 Å². The molecule has 1 aromatic carbocycles. The van der Waals surface area contributed by atoms with Crippen molar-refractivity contribution in [1.29, 1.82) is 0 Å². The van der Waals surface area contributed by atoms with Crippen molar-refractivity contribution in [3.8, 4) is 0 Å². The molecule has 25 heavy (non-hydrogen) atoms. The molecule has 3 fully saturated rings. The van der Waals surface area contributed by atoms with Gasteiger partial charge in [-0.1, -0.05) is 37.6 Å². The first kappa shape index (κ1) is 18.6. The van der Waals surface area contributed by atoms with Crippen LogP contribution < -0.4 is 0 Å². The average molecular weight is 360 g/mol. The van der Waals surface area contributed by atoms with Crippen molar-refractivity contribution in [2.24, 2.45) is 0 Å². The van der Waals surface area contributed by atoms with E-state index in [2.05, 4.69) is 4.74 Å². The minimum Gasteiger partial charge on any atom is -0.366 e. The Balaban J connectivity index is 2.02. The van der Waals surface area contributed by atoms with E-state index >= 15 is 0 Å². The molecule has 2 bridgehead atoms. The topological polar surface area (TPSA) is 18.5 Å². The predicted octanol–water partition coefficient (Wildman–Crippen LogP) is 5.44. The van der Waals surface area contributed by atoms with Crippen molar-refractivity contribution >= 4 is 0 Å². The molecular weight excluding hydrogens is 336 g/mol. The number of halogens is 4. The Labute approximate surface area is 145 Å². The Bertz CT molecular complexity index is 604. The Hall–Kier alpha value is -1.14. The van der Waals surface area contributed by atoms with Crippen molar-refractivity contribution in [2.75, 3.05) is 6.61 Å². The first-order chi connectivity index (χ1) is 11.7. The second-order valence-electron chi connectivity index (χ2n) is 7.09. The van der Waals surface area contributed by atoms with E-state index in [1.807, 2.05) is 6.92 Å². The molecule has 6 heteroatoms. The van der Waals surface area contributed by atoms with E-state index in [-0.39, 0.29) is 32.3 Å². The van der Waals surface area contributed by atoms with Gasteiger partial charge >= 0.3 is 12.2 Å². The summed E-state index contributed by atoms with van der Waals surface area (Å²) in [5, 5.41) is 0. The summed E-state index contributed by atoms with van der Waals surface area (Å²) in [5.41, 5.74) is -2.29. The fourth-order valence-electron chi connectivity index (χ4n) is 4.25. The van der Waals surface area contributed by atoms with Gasteiger partial charge in [0.2, 0.25) is 0 Å². The van der Waals surface area contributed by atoms with Gasteiger partial charge in [0, 0.05) is 6.61 Å². The summed E-state index contributed by atoms with van der Waals surface area (Å²) in [6.45, 7) is 3.65. The van der Waals surface area contributed by atoms with E-state index in [1.165, 1.54) is 0 Å². The lowest BCUT2D eigenvalue weighted by molar-refractivity contribution is -0.419. The molecule has 3 aliphatic rings. The molecule has 0 amide bonds. The van der Waals surface area contributed by atoms with Gasteiger partial charge in [-0.3, -0.25) is 4.74 Å². The van der Waals surface area contributed by atoms with E-state index in [4.69, 9.17) is 4.74 Å². The quantitative estimate of drug-likeness (QED) is 0.651. The molecule has 2 saturated heterocycles. The lowest BCUT2D eigenvalue weighted by atomic mass is 9.65. The van der Waals surface area contributed by atoms with Gasteiger partial charge in [-0.25, -0.2) is 0 Å². The van der Waals surface area contributed by atoms with Gasteiger partial charge in [-0.05, 0) is 50.2 Å². The molecule has 2 nitrogen and oxygen atoms in total. The summed E-state index contributed by atoms with van der Waals surface area (Å²) in [4.78, 5) is 0. The Morgan fingerprint density at radius 2 is 1.52 bits per heavy atom. The molecule has 4 rings (SSSR count). The minimum atomic E-state index is -4.02. The van der Waals surface area contributed by atoms with Crippen LogP contribution >= 0.6 is 0 Å². The molecule has 140 valence electrons. The smallest absolute Gasteiger partial charge is 0.366 e. The third-order valence-electron chi connectivity index (χ3n) is 5.72. The van der Waals surface area contributed by atoms with Crippen molar-refractivity contribution in [1.82, 2.24) is 0 Å². The lowest BCUT2D eigenvalue weighted by Gasteiger charge is -2.43. The number of rotatable bonds is 5. The van der Waals surface area contributed by atoms with Gasteiger partial charge in [0.05, 0.1) is 5.41 Å². The number of aryl methyl sites for hydroxylation is 1. The first-order valence-corrected chi connectivity index (χ1v) is 8.91. The Morgan fingerprint density at radius 3 is 2.04 bits per heavy atom. The Kier molecular flexibility index (Phi) is 4.65. The van der Waals surface area contributed by atoms with Gasteiger partial charge < -0.3 is 4.74 Å². The van der Waals surface area contributed by atoms with E-state index in [0.717, 1.165) is 18.4 Å². The number of fused-ring (bicyclic) bond motifs is 4. The standard InChI is InChI=1S/C19H24F4O2/c1-3-5-14-6-8-15(9-7-14)16-10-12-17(13-11-16,24-4-2)19(22,23)25-18(16,20)21/h6-9H,3-5,10-13H2,1-2H3. The van der Waals surface area contributed by atoms with E-state index in [1.54, 1.807) is 31.2 Å². The third-order valence-corrected chi connectivity index (χ3v) is 5.72. The summed E-state index contributed by atoms with van der Waals surface area (Å²) in [5.74, 6) is 0. The van der Waals surface area contributed by atoms with Crippen LogP contribution in [-0.2, 0) is 21.3 Å². The molecule has 1 aliphatic carbocycles. The Morgan fingerprint density at radius 1 is 0.920 bits per heavy atom. The van der Waals surface area contributed by atoms with E-state index in [0.29, 0.717) is 5.56 Å². The van der Waals surface area contributed by atoms with Crippen molar-refractivity contribution in [3.63, 3.8) is 0 Å². The third kappa shape index (κ3) is 2.78. The molecule has 1 saturated carbocycles. The largest absolute Gasteiger partial charge is 0.389 e. The van der Waals surface area contributed by atoms with Gasteiger partial charge in [-0.15, -0.1) is 0 Å². The fourth-order valence-corrected chi connectivity index (χ4v) is 4.25. The van der Waals surface area contributed by atoms with Gasteiger partial charge in [0.1, 0.15) is 0 Å². The molecule has 0 atom stereocenters. The van der Waals surface area contributed by atoms with Crippen LogP contribution in [0.5, 0.6) is 0 Å². The highest BCUT2D eigenvalue weighted by Gasteiger charge is 2.73. The first-order valence-electron chi connectivity index (χ1n) is 8.91. The van der Waals surface area contributed by atoms with Crippen LogP contribution in [0.25, 0.3) is 0 Å². The highest BCUT2D eigenvalue weighted by Crippen LogP contribution is 2.62. The highest BCUT2D eigenvalue weighted by atomic mass is 19.3. The van der Waals surface area contributed by atoms with Gasteiger partial charge in [0.25, 0.3) is 0 Å². The summed E-state index contributed by atoms with van der Waals surface area (Å²) in [6.07, 6.45) is -6.67. The predicted molar refractivity (Wildman–Crippen MR) is 85.9 cm³/mol. The number of ether oxygens (including phenoxy) is 2. The molecule has 0 N–H and O–H groups in total. The SMILES string of the molecule is CCCc1ccc(C23CCC(OCC)(CC2)C(F)(F)OC3(F)F)cc1. The zero-order valence-electron chi connectivity index (χ0n) is 14.6. The van der Waals surface area contributed by atoms with Gasteiger partial charge in [-0.2, -0.15) is 17.6 Å². The zero-order chi connectivity index (χ0) is 18.3. The summed E-state index contributed by atoms with van der Waals surface area (Å²) in [6, 6.07) is 6.88. The fraction of sp³-hybridized carbons (Fsp3) is 0.684.